The second-order valence-electron chi connectivity index (χ2n) is 2.28. The molecule has 0 heterocycles. The maximum absolute atomic E-state index is 10.7. The van der Waals surface area contributed by atoms with Crippen LogP contribution in [0.2, 0.25) is 0 Å². The summed E-state index contributed by atoms with van der Waals surface area (Å²) in [7, 11) is 0.0209. The molecule has 0 amide bonds. The third kappa shape index (κ3) is 8.51. The van der Waals surface area contributed by atoms with Gasteiger partial charge in [0.25, 0.3) is 0 Å². The lowest BCUT2D eigenvalue weighted by Gasteiger charge is -2.13. The summed E-state index contributed by atoms with van der Waals surface area (Å²) in [5.74, 6) is -0.407. The Morgan fingerprint density at radius 3 is 2.27 bits per heavy atom. The fraction of sp³-hybridized carbons (Fsp3) is 0.667. The highest BCUT2D eigenvalue weighted by atomic mass is 31.2. The highest BCUT2D eigenvalue weighted by molar-refractivity contribution is 7.41. The third-order valence-electron chi connectivity index (χ3n) is 1.20. The lowest BCUT2D eigenvalue weighted by Crippen LogP contribution is -1.97. The molecule has 0 unspecified atom stereocenters. The maximum Gasteiger partial charge on any atom is 0.332 e. The van der Waals surface area contributed by atoms with Gasteiger partial charge in [0, 0.05) is 6.08 Å². The molecular weight excluding hydrogens is 219 g/mol. The molecule has 0 radical (unpaired) electrons. The Morgan fingerprint density at radius 2 is 1.80 bits per heavy atom. The number of carbonyl (C=O) groups is 1. The lowest BCUT2D eigenvalue weighted by molar-refractivity contribution is -0.134. The van der Waals surface area contributed by atoms with Crippen LogP contribution in [0.25, 0.3) is 0 Å². The monoisotopic (exact) mass is 236 g/mol. The summed E-state index contributed by atoms with van der Waals surface area (Å²) in [6.07, 6.45) is 2.85. The fourth-order valence-electron chi connectivity index (χ4n) is 0.639. The largest absolute Gasteiger partial charge is 0.466 e. The van der Waals surface area contributed by atoms with Gasteiger partial charge in [-0.1, -0.05) is 6.08 Å². The van der Waals surface area contributed by atoms with Crippen LogP contribution >= 0.6 is 8.60 Å². The van der Waals surface area contributed by atoms with Crippen LogP contribution in [-0.2, 0) is 23.1 Å². The number of hydrogen-bond donors (Lipinski definition) is 0. The predicted molar refractivity (Wildman–Crippen MR) is 57.3 cm³/mol. The molecule has 6 heteroatoms. The van der Waals surface area contributed by atoms with Gasteiger partial charge in [0.15, 0.2) is 0 Å². The van der Waals surface area contributed by atoms with E-state index in [1.165, 1.54) is 13.2 Å². The van der Waals surface area contributed by atoms with Crippen molar-refractivity contribution in [2.24, 2.45) is 0 Å². The minimum Gasteiger partial charge on any atom is -0.466 e. The first kappa shape index (κ1) is 14.5. The molecule has 0 N–H and O–H groups in total. The third-order valence-corrected chi connectivity index (χ3v) is 2.50. The molecule has 0 aliphatic carbocycles. The van der Waals surface area contributed by atoms with Crippen LogP contribution in [0.1, 0.15) is 13.8 Å². The van der Waals surface area contributed by atoms with Gasteiger partial charge in [0.2, 0.25) is 0 Å². The van der Waals surface area contributed by atoms with E-state index in [1.54, 1.807) is 6.08 Å². The van der Waals surface area contributed by atoms with Crippen molar-refractivity contribution in [1.29, 1.82) is 0 Å². The van der Waals surface area contributed by atoms with Crippen molar-refractivity contribution >= 4 is 14.6 Å². The Morgan fingerprint density at radius 1 is 1.20 bits per heavy atom. The SMILES string of the molecule is CCOP(OCC)OCC=CC(=O)OC. The predicted octanol–water partition coefficient (Wildman–Crippen LogP) is 2.03. The molecule has 0 fully saturated rings. The van der Waals surface area contributed by atoms with Crippen LogP contribution in [0.3, 0.4) is 0 Å². The van der Waals surface area contributed by atoms with Crippen LogP contribution in [-0.4, -0.2) is 32.9 Å². The number of esters is 1. The topological polar surface area (TPSA) is 54.0 Å². The highest BCUT2D eigenvalue weighted by Gasteiger charge is 2.08. The van der Waals surface area contributed by atoms with E-state index in [4.69, 9.17) is 13.6 Å². The maximum atomic E-state index is 10.7. The average molecular weight is 236 g/mol. The van der Waals surface area contributed by atoms with Gasteiger partial charge in [-0.05, 0) is 13.8 Å². The van der Waals surface area contributed by atoms with Crippen molar-refractivity contribution in [3.05, 3.63) is 12.2 Å². The van der Waals surface area contributed by atoms with Crippen molar-refractivity contribution < 1.29 is 23.1 Å². The van der Waals surface area contributed by atoms with Gasteiger partial charge in [-0.25, -0.2) is 4.79 Å². The van der Waals surface area contributed by atoms with Crippen LogP contribution in [0, 0.1) is 0 Å². The van der Waals surface area contributed by atoms with E-state index in [1.807, 2.05) is 13.8 Å². The minimum atomic E-state index is -1.30. The summed E-state index contributed by atoms with van der Waals surface area (Å²) in [6.45, 7) is 5.06. The molecule has 0 atom stereocenters. The van der Waals surface area contributed by atoms with E-state index in [2.05, 4.69) is 4.74 Å². The fourth-order valence-corrected chi connectivity index (χ4v) is 1.49. The molecule has 88 valence electrons. The number of carbonyl (C=O) groups excluding carboxylic acids is 1. The highest BCUT2D eigenvalue weighted by Crippen LogP contribution is 2.38. The van der Waals surface area contributed by atoms with Crippen LogP contribution in [0.15, 0.2) is 12.2 Å². The van der Waals surface area contributed by atoms with Gasteiger partial charge in [0.1, 0.15) is 0 Å². The summed E-state index contributed by atoms with van der Waals surface area (Å²) < 4.78 is 20.0. The quantitative estimate of drug-likeness (QED) is 0.366. The van der Waals surface area contributed by atoms with Gasteiger partial charge in [0.05, 0.1) is 26.9 Å². The average Bonchev–Trinajstić information content (AvgIpc) is 2.24. The summed E-state index contributed by atoms with van der Waals surface area (Å²) in [6, 6.07) is 0. The van der Waals surface area contributed by atoms with Crippen molar-refractivity contribution in [2.45, 2.75) is 13.8 Å². The molecule has 0 aliphatic heterocycles. The Bertz CT molecular complexity index is 189. The zero-order valence-corrected chi connectivity index (χ0v) is 10.2. The molecule has 0 bridgehead atoms. The lowest BCUT2D eigenvalue weighted by atomic mass is 10.5. The molecule has 5 nitrogen and oxygen atoms in total. The molecule has 0 rings (SSSR count). The summed E-state index contributed by atoms with van der Waals surface area (Å²) >= 11 is 0. The van der Waals surface area contributed by atoms with Gasteiger partial charge < -0.3 is 18.3 Å². The van der Waals surface area contributed by atoms with Gasteiger partial charge in [-0.3, -0.25) is 0 Å². The summed E-state index contributed by atoms with van der Waals surface area (Å²) in [4.78, 5) is 10.7. The number of rotatable bonds is 8. The molecule has 0 spiro atoms. The van der Waals surface area contributed by atoms with Crippen LogP contribution in [0.4, 0.5) is 0 Å². The number of hydrogen-bond acceptors (Lipinski definition) is 5. The molecule has 0 aromatic rings. The van der Waals surface area contributed by atoms with E-state index in [-0.39, 0.29) is 6.61 Å². The Kier molecular flexibility index (Phi) is 9.73. The Labute approximate surface area is 91.3 Å². The normalized spacial score (nSPS) is 11.2. The minimum absolute atomic E-state index is 0.265. The van der Waals surface area contributed by atoms with Crippen molar-refractivity contribution in [3.63, 3.8) is 0 Å². The molecule has 0 aromatic heterocycles. The van der Waals surface area contributed by atoms with E-state index in [0.717, 1.165) is 0 Å². The zero-order chi connectivity index (χ0) is 11.5. The van der Waals surface area contributed by atoms with Crippen LogP contribution < -0.4 is 0 Å². The summed E-state index contributed by atoms with van der Waals surface area (Å²) in [5.41, 5.74) is 0. The summed E-state index contributed by atoms with van der Waals surface area (Å²) in [5, 5.41) is 0. The number of ether oxygens (including phenoxy) is 1. The molecule has 0 aromatic carbocycles. The van der Waals surface area contributed by atoms with Gasteiger partial charge >= 0.3 is 14.6 Å². The zero-order valence-electron chi connectivity index (χ0n) is 9.26. The van der Waals surface area contributed by atoms with E-state index < -0.39 is 14.6 Å². The van der Waals surface area contributed by atoms with Crippen molar-refractivity contribution in [3.8, 4) is 0 Å². The first-order valence-corrected chi connectivity index (χ1v) is 5.77. The first-order chi connectivity index (χ1) is 7.24. The first-order valence-electron chi connectivity index (χ1n) is 4.67. The Balaban J connectivity index is 3.69. The van der Waals surface area contributed by atoms with Crippen LogP contribution in [0.5, 0.6) is 0 Å². The molecular formula is C9H17O5P. The van der Waals surface area contributed by atoms with E-state index >= 15 is 0 Å². The Hall–Kier alpha value is -0.480. The standard InChI is InChI=1S/C9H17O5P/c1-4-12-15(13-5-2)14-8-6-7-9(10)11-3/h6-7H,4-5,8H2,1-3H3. The van der Waals surface area contributed by atoms with Gasteiger partial charge in [-0.15, -0.1) is 0 Å². The smallest absolute Gasteiger partial charge is 0.332 e. The van der Waals surface area contributed by atoms with E-state index in [0.29, 0.717) is 13.2 Å². The second-order valence-corrected chi connectivity index (χ2v) is 3.50. The second kappa shape index (κ2) is 10.1. The van der Waals surface area contributed by atoms with Crippen molar-refractivity contribution in [1.82, 2.24) is 0 Å². The van der Waals surface area contributed by atoms with Crippen molar-refractivity contribution in [2.75, 3.05) is 26.9 Å². The number of methoxy groups -OCH3 is 1. The van der Waals surface area contributed by atoms with E-state index in [9.17, 15) is 4.79 Å². The molecule has 0 saturated heterocycles. The molecule has 15 heavy (non-hydrogen) atoms. The van der Waals surface area contributed by atoms with Gasteiger partial charge in [-0.2, -0.15) is 0 Å². The molecule has 0 saturated carbocycles. The molecule has 0 aliphatic rings.